The van der Waals surface area contributed by atoms with Crippen LogP contribution < -0.4 is 4.90 Å². The number of carbonyl (C=O) groups is 1. The lowest BCUT2D eigenvalue weighted by Gasteiger charge is -2.39. The number of halogens is 3. The maximum atomic E-state index is 13.9. The monoisotopic (exact) mass is 534 g/mol. The molecule has 2 saturated carbocycles. The van der Waals surface area contributed by atoms with Crippen molar-refractivity contribution in [2.45, 2.75) is 114 Å². The lowest BCUT2D eigenvalue weighted by Crippen LogP contribution is -2.46. The summed E-state index contributed by atoms with van der Waals surface area (Å²) in [6, 6.07) is 1.72. The lowest BCUT2D eigenvalue weighted by atomic mass is 9.76. The summed E-state index contributed by atoms with van der Waals surface area (Å²) in [5.41, 5.74) is 1.77. The minimum atomic E-state index is -4.26. The molecule has 1 unspecified atom stereocenters. The van der Waals surface area contributed by atoms with E-state index in [2.05, 4.69) is 20.0 Å². The molecule has 2 aliphatic carbocycles. The molecule has 8 nitrogen and oxygen atoms in total. The number of anilines is 1. The van der Waals surface area contributed by atoms with Crippen molar-refractivity contribution in [3.8, 4) is 0 Å². The molecule has 4 fully saturated rings. The molecule has 206 valence electrons. The fourth-order valence-corrected chi connectivity index (χ4v) is 6.86. The smallest absolute Gasteiger partial charge is 0.392 e. The molecule has 4 heterocycles. The average molecular weight is 535 g/mol. The molecule has 2 bridgehead atoms. The Bertz CT molecular complexity index is 1180. The number of aromatic nitrogens is 3. The zero-order valence-electron chi connectivity index (χ0n) is 21.4. The molecule has 38 heavy (non-hydrogen) atoms. The van der Waals surface area contributed by atoms with Crippen molar-refractivity contribution in [2.75, 3.05) is 4.90 Å². The summed E-state index contributed by atoms with van der Waals surface area (Å²) in [6.07, 6.45) is 2.87. The molecule has 2 aromatic rings. The highest BCUT2D eigenvalue weighted by Crippen LogP contribution is 2.50. The third kappa shape index (κ3) is 4.89. The predicted octanol–water partition coefficient (Wildman–Crippen LogP) is 5.90. The first-order chi connectivity index (χ1) is 18.2. The van der Waals surface area contributed by atoms with Crippen LogP contribution in [-0.2, 0) is 11.3 Å². The Morgan fingerprint density at radius 2 is 1.82 bits per heavy atom. The van der Waals surface area contributed by atoms with Crippen molar-refractivity contribution >= 4 is 11.9 Å². The van der Waals surface area contributed by atoms with Crippen molar-refractivity contribution < 1.29 is 32.3 Å². The Morgan fingerprint density at radius 3 is 2.47 bits per heavy atom. The van der Waals surface area contributed by atoms with Gasteiger partial charge in [-0.15, -0.1) is 0 Å². The molecule has 2 aromatic heterocycles. The second-order valence-electron chi connectivity index (χ2n) is 11.4. The maximum Gasteiger partial charge on any atom is 0.392 e. The molecule has 0 spiro atoms. The molecule has 0 amide bonds. The standard InChI is InChI=1S/C27H33F3N4O4/c1-14-10-22(25(35)36)32-26(31-14)34-16-8-9-17(34)12-18(11-16)37-13-20-23(33-38-24(20)15-6-7-15)19-4-2-3-5-21(19)27(28,29)30/h10,15-19,21H,2-9,11-13H2,1H3,(H,35,36)/t16-,17+,18?,19-,21-/m0/s1. The van der Waals surface area contributed by atoms with Gasteiger partial charge in [0.05, 0.1) is 24.3 Å². The van der Waals surface area contributed by atoms with Gasteiger partial charge in [-0.1, -0.05) is 18.0 Å². The molecule has 0 radical (unpaired) electrons. The summed E-state index contributed by atoms with van der Waals surface area (Å²) in [5, 5.41) is 13.6. The molecule has 5 atom stereocenters. The van der Waals surface area contributed by atoms with E-state index in [1.165, 1.54) is 6.07 Å². The van der Waals surface area contributed by atoms with Gasteiger partial charge in [0.2, 0.25) is 5.95 Å². The molecular weight excluding hydrogens is 501 g/mol. The van der Waals surface area contributed by atoms with E-state index in [0.29, 0.717) is 35.9 Å². The van der Waals surface area contributed by atoms with Crippen LogP contribution in [-0.4, -0.2) is 50.6 Å². The van der Waals surface area contributed by atoms with Gasteiger partial charge < -0.3 is 19.3 Å². The van der Waals surface area contributed by atoms with E-state index >= 15 is 0 Å². The third-order valence-corrected chi connectivity index (χ3v) is 8.78. The van der Waals surface area contributed by atoms with E-state index in [-0.39, 0.29) is 42.8 Å². The van der Waals surface area contributed by atoms with E-state index in [1.807, 2.05) is 0 Å². The Kier molecular flexibility index (Phi) is 6.60. The number of aryl methyl sites for hydroxylation is 1. The van der Waals surface area contributed by atoms with Crippen LogP contribution in [0, 0.1) is 12.8 Å². The zero-order chi connectivity index (χ0) is 26.6. The highest BCUT2D eigenvalue weighted by Gasteiger charge is 2.49. The van der Waals surface area contributed by atoms with Gasteiger partial charge in [-0.25, -0.2) is 14.8 Å². The topological polar surface area (TPSA) is 102 Å². The number of rotatable bonds is 7. The number of fused-ring (bicyclic) bond motifs is 2. The second kappa shape index (κ2) is 9.81. The number of ether oxygens (including phenoxy) is 1. The van der Waals surface area contributed by atoms with Gasteiger partial charge in [0.15, 0.2) is 5.69 Å². The normalized spacial score (nSPS) is 29.6. The number of carboxylic acid groups (broad SMARTS) is 1. The average Bonchev–Trinajstić information content (AvgIpc) is 3.57. The second-order valence-corrected chi connectivity index (χ2v) is 11.4. The van der Waals surface area contributed by atoms with E-state index in [9.17, 15) is 23.1 Å². The SMILES string of the molecule is Cc1cc(C(=O)O)nc(N2[C@@H]3CC[C@H]2CC(OCc2c([C@H]4CCCC[C@@H]4C(F)(F)F)noc2C2CC2)C3)n1. The van der Waals surface area contributed by atoms with Crippen LogP contribution in [0.5, 0.6) is 0 Å². The van der Waals surface area contributed by atoms with Gasteiger partial charge in [-0.2, -0.15) is 13.2 Å². The Labute approximate surface area is 218 Å². The van der Waals surface area contributed by atoms with Gasteiger partial charge in [0.1, 0.15) is 5.76 Å². The minimum Gasteiger partial charge on any atom is -0.477 e. The summed E-state index contributed by atoms with van der Waals surface area (Å²) in [6.45, 7) is 1.97. The summed E-state index contributed by atoms with van der Waals surface area (Å²) in [4.78, 5) is 22.5. The van der Waals surface area contributed by atoms with Crippen molar-refractivity contribution in [3.63, 3.8) is 0 Å². The zero-order valence-corrected chi connectivity index (χ0v) is 21.4. The fraction of sp³-hybridized carbons (Fsp3) is 0.704. The van der Waals surface area contributed by atoms with Gasteiger partial charge in [-0.05, 0) is 64.4 Å². The molecule has 1 N–H and O–H groups in total. The van der Waals surface area contributed by atoms with E-state index in [0.717, 1.165) is 50.5 Å². The number of piperidine rings is 1. The van der Waals surface area contributed by atoms with Crippen LogP contribution in [0.1, 0.15) is 109 Å². The number of hydrogen-bond donors (Lipinski definition) is 1. The summed E-state index contributed by atoms with van der Waals surface area (Å²) < 4.78 is 53.8. The number of alkyl halides is 3. The number of carboxylic acids is 1. The predicted molar refractivity (Wildman–Crippen MR) is 130 cm³/mol. The summed E-state index contributed by atoms with van der Waals surface area (Å²) in [5.74, 6) is -1.77. The fourth-order valence-electron chi connectivity index (χ4n) is 6.86. The maximum absolute atomic E-state index is 13.9. The van der Waals surface area contributed by atoms with E-state index < -0.39 is 24.0 Å². The Hall–Kier alpha value is -2.69. The largest absolute Gasteiger partial charge is 0.477 e. The van der Waals surface area contributed by atoms with Gasteiger partial charge in [-0.3, -0.25) is 0 Å². The number of aromatic carboxylic acids is 1. The summed E-state index contributed by atoms with van der Waals surface area (Å²) >= 11 is 0. The van der Waals surface area contributed by atoms with Crippen molar-refractivity contribution in [1.82, 2.24) is 15.1 Å². The Balaban J connectivity index is 1.19. The quantitative estimate of drug-likeness (QED) is 0.469. The van der Waals surface area contributed by atoms with Crippen LogP contribution in [0.25, 0.3) is 0 Å². The van der Waals surface area contributed by atoms with Crippen LogP contribution in [0.2, 0.25) is 0 Å². The van der Waals surface area contributed by atoms with Crippen LogP contribution in [0.3, 0.4) is 0 Å². The van der Waals surface area contributed by atoms with Crippen LogP contribution in [0.4, 0.5) is 19.1 Å². The number of hydrogen-bond acceptors (Lipinski definition) is 7. The summed E-state index contributed by atoms with van der Waals surface area (Å²) in [7, 11) is 0. The van der Waals surface area contributed by atoms with Gasteiger partial charge >= 0.3 is 12.1 Å². The lowest BCUT2D eigenvalue weighted by molar-refractivity contribution is -0.187. The molecule has 0 aromatic carbocycles. The minimum absolute atomic E-state index is 0.0160. The Morgan fingerprint density at radius 1 is 1.11 bits per heavy atom. The first-order valence-electron chi connectivity index (χ1n) is 13.7. The highest BCUT2D eigenvalue weighted by atomic mass is 19.4. The first-order valence-corrected chi connectivity index (χ1v) is 13.7. The molecule has 6 rings (SSSR count). The molecule has 4 aliphatic rings. The van der Waals surface area contributed by atoms with Crippen molar-refractivity contribution in [1.29, 1.82) is 0 Å². The van der Waals surface area contributed by atoms with E-state index in [1.54, 1.807) is 6.92 Å². The van der Waals surface area contributed by atoms with Gasteiger partial charge in [0.25, 0.3) is 0 Å². The van der Waals surface area contributed by atoms with Crippen molar-refractivity contribution in [2.24, 2.45) is 5.92 Å². The van der Waals surface area contributed by atoms with Crippen LogP contribution >= 0.6 is 0 Å². The molecule has 11 heteroatoms. The molecule has 2 aliphatic heterocycles. The molecule has 2 saturated heterocycles. The third-order valence-electron chi connectivity index (χ3n) is 8.78. The first kappa shape index (κ1) is 25.6. The van der Waals surface area contributed by atoms with Crippen molar-refractivity contribution in [3.05, 3.63) is 34.5 Å². The van der Waals surface area contributed by atoms with Gasteiger partial charge in [0, 0.05) is 35.2 Å². The number of nitrogens with zero attached hydrogens (tertiary/aromatic N) is 4. The van der Waals surface area contributed by atoms with Crippen LogP contribution in [0.15, 0.2) is 10.6 Å². The van der Waals surface area contributed by atoms with E-state index in [4.69, 9.17) is 9.26 Å². The highest BCUT2D eigenvalue weighted by molar-refractivity contribution is 5.85. The molecular formula is C27H33F3N4O4.